The fourth-order valence-corrected chi connectivity index (χ4v) is 3.27. The highest BCUT2D eigenvalue weighted by Crippen LogP contribution is 2.38. The van der Waals surface area contributed by atoms with Gasteiger partial charge in [0.05, 0.1) is 5.71 Å². The zero-order chi connectivity index (χ0) is 15.3. The molecule has 0 spiro atoms. The first-order valence-electron chi connectivity index (χ1n) is 7.34. The van der Waals surface area contributed by atoms with Crippen LogP contribution in [0.4, 0.5) is 0 Å². The summed E-state index contributed by atoms with van der Waals surface area (Å²) in [6.07, 6.45) is 1.69. The number of aromatic nitrogens is 2. The van der Waals surface area contributed by atoms with Crippen LogP contribution in [0.1, 0.15) is 24.6 Å². The first kappa shape index (κ1) is 13.2. The topological polar surface area (TPSA) is 68.9 Å². The molecule has 1 N–H and O–H groups in total. The van der Waals surface area contributed by atoms with Gasteiger partial charge in [0.15, 0.2) is 11.5 Å². The molecule has 0 fully saturated rings. The molecule has 6 heteroatoms. The summed E-state index contributed by atoms with van der Waals surface area (Å²) in [5.41, 5.74) is 4.53. The minimum atomic E-state index is 0.250. The number of ether oxygens (including phenoxy) is 2. The maximum atomic E-state index is 9.40. The summed E-state index contributed by atoms with van der Waals surface area (Å²) in [6, 6.07) is 5.78. The number of oxime groups is 1. The van der Waals surface area contributed by atoms with Gasteiger partial charge in [0.25, 0.3) is 0 Å². The van der Waals surface area contributed by atoms with Gasteiger partial charge >= 0.3 is 0 Å². The summed E-state index contributed by atoms with van der Waals surface area (Å²) < 4.78 is 12.7. The van der Waals surface area contributed by atoms with E-state index in [2.05, 4.69) is 17.2 Å². The van der Waals surface area contributed by atoms with Gasteiger partial charge < -0.3 is 14.7 Å². The zero-order valence-electron chi connectivity index (χ0n) is 12.5. The van der Waals surface area contributed by atoms with Crippen molar-refractivity contribution in [2.24, 2.45) is 18.1 Å². The maximum absolute atomic E-state index is 9.40. The number of hydrogen-bond donors (Lipinski definition) is 1. The molecule has 1 aromatic heterocycles. The fourth-order valence-electron chi connectivity index (χ4n) is 3.27. The second-order valence-corrected chi connectivity index (χ2v) is 5.92. The van der Waals surface area contributed by atoms with Crippen molar-refractivity contribution in [3.8, 4) is 22.8 Å². The summed E-state index contributed by atoms with van der Waals surface area (Å²) in [7, 11) is 1.93. The van der Waals surface area contributed by atoms with Gasteiger partial charge in [-0.3, -0.25) is 4.68 Å². The minimum Gasteiger partial charge on any atom is -0.454 e. The van der Waals surface area contributed by atoms with Crippen LogP contribution in [0.3, 0.4) is 0 Å². The minimum absolute atomic E-state index is 0.250. The number of rotatable bonds is 1. The molecular formula is C16H17N3O3. The van der Waals surface area contributed by atoms with Crippen LogP contribution in [0.5, 0.6) is 11.5 Å². The molecule has 0 radical (unpaired) electrons. The van der Waals surface area contributed by atoms with Gasteiger partial charge in [0.2, 0.25) is 6.79 Å². The Morgan fingerprint density at radius 3 is 2.91 bits per heavy atom. The predicted octanol–water partition coefficient (Wildman–Crippen LogP) is 2.58. The summed E-state index contributed by atoms with van der Waals surface area (Å²) in [4.78, 5) is 0. The van der Waals surface area contributed by atoms with Crippen molar-refractivity contribution in [2.75, 3.05) is 6.79 Å². The van der Waals surface area contributed by atoms with Crippen LogP contribution in [0.2, 0.25) is 0 Å². The average Bonchev–Trinajstić information content (AvgIpc) is 3.10. The third kappa shape index (κ3) is 1.87. The van der Waals surface area contributed by atoms with E-state index in [-0.39, 0.29) is 6.79 Å². The van der Waals surface area contributed by atoms with Gasteiger partial charge in [-0.05, 0) is 37.0 Å². The number of aryl methyl sites for hydroxylation is 1. The van der Waals surface area contributed by atoms with Gasteiger partial charge in [0.1, 0.15) is 5.69 Å². The van der Waals surface area contributed by atoms with E-state index in [1.54, 1.807) is 0 Å². The number of nitrogens with zero attached hydrogens (tertiary/aromatic N) is 3. The molecule has 1 unspecified atom stereocenters. The van der Waals surface area contributed by atoms with E-state index in [1.807, 2.05) is 29.9 Å². The van der Waals surface area contributed by atoms with Gasteiger partial charge in [0, 0.05) is 23.9 Å². The Morgan fingerprint density at radius 2 is 2.09 bits per heavy atom. The van der Waals surface area contributed by atoms with Crippen molar-refractivity contribution in [1.82, 2.24) is 9.78 Å². The van der Waals surface area contributed by atoms with Crippen molar-refractivity contribution >= 4 is 5.71 Å². The van der Waals surface area contributed by atoms with Crippen molar-refractivity contribution in [2.45, 2.75) is 19.8 Å². The van der Waals surface area contributed by atoms with E-state index >= 15 is 0 Å². The maximum Gasteiger partial charge on any atom is 0.231 e. The predicted molar refractivity (Wildman–Crippen MR) is 80.6 cm³/mol. The van der Waals surface area contributed by atoms with E-state index in [4.69, 9.17) is 9.47 Å². The van der Waals surface area contributed by atoms with Crippen molar-refractivity contribution in [3.05, 3.63) is 29.5 Å². The molecule has 4 rings (SSSR count). The molecule has 1 aliphatic carbocycles. The van der Waals surface area contributed by atoms with Crippen LogP contribution >= 0.6 is 0 Å². The molecule has 1 aliphatic heterocycles. The Balaban J connectivity index is 1.89. The Labute approximate surface area is 128 Å². The zero-order valence-corrected chi connectivity index (χ0v) is 12.5. The Morgan fingerprint density at radius 1 is 1.27 bits per heavy atom. The van der Waals surface area contributed by atoms with Crippen molar-refractivity contribution in [1.29, 1.82) is 0 Å². The fraction of sp³-hybridized carbons (Fsp3) is 0.375. The molecule has 2 heterocycles. The second kappa shape index (κ2) is 4.76. The molecule has 0 bridgehead atoms. The molecule has 114 valence electrons. The SMILES string of the molecule is CC1C/C(=N/O)c2c(-c3ccc4c(c3)OCO4)nn(C)c2C1. The van der Waals surface area contributed by atoms with Crippen LogP contribution in [-0.4, -0.2) is 27.5 Å². The van der Waals surface area contributed by atoms with Crippen molar-refractivity contribution < 1.29 is 14.7 Å². The molecule has 1 aromatic carbocycles. The smallest absolute Gasteiger partial charge is 0.231 e. The monoisotopic (exact) mass is 299 g/mol. The van der Waals surface area contributed by atoms with Gasteiger partial charge in [-0.1, -0.05) is 12.1 Å². The molecular weight excluding hydrogens is 282 g/mol. The molecule has 0 amide bonds. The summed E-state index contributed by atoms with van der Waals surface area (Å²) in [5, 5.41) is 17.6. The number of benzene rings is 1. The third-order valence-corrected chi connectivity index (χ3v) is 4.30. The van der Waals surface area contributed by atoms with E-state index < -0.39 is 0 Å². The largest absolute Gasteiger partial charge is 0.454 e. The van der Waals surface area contributed by atoms with Gasteiger partial charge in [-0.2, -0.15) is 5.10 Å². The lowest BCUT2D eigenvalue weighted by Gasteiger charge is -2.20. The van der Waals surface area contributed by atoms with E-state index in [0.29, 0.717) is 11.6 Å². The normalized spacial score (nSPS) is 21.2. The first-order chi connectivity index (χ1) is 10.7. The number of hydrogen-bond acceptors (Lipinski definition) is 5. The molecule has 6 nitrogen and oxygen atoms in total. The Bertz CT molecular complexity index is 779. The summed E-state index contributed by atoms with van der Waals surface area (Å²) >= 11 is 0. The quantitative estimate of drug-likeness (QED) is 0.649. The lowest BCUT2D eigenvalue weighted by Crippen LogP contribution is -2.20. The Hall–Kier alpha value is -2.50. The number of fused-ring (bicyclic) bond motifs is 2. The molecule has 2 aromatic rings. The molecule has 22 heavy (non-hydrogen) atoms. The van der Waals surface area contributed by atoms with Gasteiger partial charge in [-0.25, -0.2) is 0 Å². The standard InChI is InChI=1S/C16H17N3O3/c1-9-5-11(18-20)15-12(6-9)19(2)17-16(15)10-3-4-13-14(7-10)22-8-21-13/h3-4,7,9,20H,5-6,8H2,1-2H3/b18-11-. The van der Waals surface area contributed by atoms with Crippen LogP contribution in [-0.2, 0) is 13.5 Å². The third-order valence-electron chi connectivity index (χ3n) is 4.30. The first-order valence-corrected chi connectivity index (χ1v) is 7.34. The van der Waals surface area contributed by atoms with Crippen LogP contribution in [0.15, 0.2) is 23.4 Å². The summed E-state index contributed by atoms with van der Waals surface area (Å²) in [5.74, 6) is 1.92. The molecule has 0 saturated carbocycles. The van der Waals surface area contributed by atoms with Crippen LogP contribution in [0, 0.1) is 5.92 Å². The van der Waals surface area contributed by atoms with Gasteiger partial charge in [-0.15, -0.1) is 0 Å². The lowest BCUT2D eigenvalue weighted by atomic mass is 9.85. The average molecular weight is 299 g/mol. The lowest BCUT2D eigenvalue weighted by molar-refractivity contribution is 0.174. The highest BCUT2D eigenvalue weighted by molar-refractivity contribution is 6.07. The molecule has 2 aliphatic rings. The second-order valence-electron chi connectivity index (χ2n) is 5.92. The van der Waals surface area contributed by atoms with E-state index in [0.717, 1.165) is 46.9 Å². The summed E-state index contributed by atoms with van der Waals surface area (Å²) in [6.45, 7) is 2.40. The Kier molecular flexibility index (Phi) is 2.85. The molecule has 0 saturated heterocycles. The highest BCUT2D eigenvalue weighted by Gasteiger charge is 2.29. The van der Waals surface area contributed by atoms with E-state index in [9.17, 15) is 5.21 Å². The molecule has 1 atom stereocenters. The van der Waals surface area contributed by atoms with Crippen LogP contribution < -0.4 is 9.47 Å². The van der Waals surface area contributed by atoms with Crippen molar-refractivity contribution in [3.63, 3.8) is 0 Å². The van der Waals surface area contributed by atoms with Crippen LogP contribution in [0.25, 0.3) is 11.3 Å². The highest BCUT2D eigenvalue weighted by atomic mass is 16.7. The van der Waals surface area contributed by atoms with E-state index in [1.165, 1.54) is 0 Å².